The van der Waals surface area contributed by atoms with Crippen molar-refractivity contribution >= 4 is 28.9 Å². The van der Waals surface area contributed by atoms with Gasteiger partial charge < -0.3 is 0 Å². The summed E-state index contributed by atoms with van der Waals surface area (Å²) in [7, 11) is 0. The number of carbonyl (C=O) groups is 1. The van der Waals surface area contributed by atoms with E-state index >= 15 is 0 Å². The Hall–Kier alpha value is -1.13. The number of aryl methyl sites for hydroxylation is 3. The topological polar surface area (TPSA) is 17.1 Å². The Labute approximate surface area is 126 Å². The highest BCUT2D eigenvalue weighted by molar-refractivity contribution is 7.98. The van der Waals surface area contributed by atoms with Crippen LogP contribution in [0, 0.1) is 19.7 Å². The number of halogens is 1. The molecule has 3 rings (SSSR count). The van der Waals surface area contributed by atoms with Crippen LogP contribution < -0.4 is 0 Å². The molecule has 1 aliphatic heterocycles. The summed E-state index contributed by atoms with van der Waals surface area (Å²) in [4.78, 5) is 14.5. The second kappa shape index (κ2) is 5.34. The molecule has 1 aromatic carbocycles. The number of fused-ring (bicyclic) bond motifs is 1. The molecule has 20 heavy (non-hydrogen) atoms. The summed E-state index contributed by atoms with van der Waals surface area (Å²) in [5.74, 6) is 1.49. The number of benzene rings is 1. The van der Waals surface area contributed by atoms with Gasteiger partial charge in [0.1, 0.15) is 5.82 Å². The van der Waals surface area contributed by atoms with Crippen LogP contribution in [0.25, 0.3) is 0 Å². The van der Waals surface area contributed by atoms with E-state index in [2.05, 4.69) is 0 Å². The molecule has 1 aliphatic rings. The summed E-state index contributed by atoms with van der Waals surface area (Å²) < 4.78 is 14.1. The average molecular weight is 306 g/mol. The van der Waals surface area contributed by atoms with E-state index in [4.69, 9.17) is 0 Å². The second-order valence-corrected chi connectivity index (χ2v) is 7.37. The van der Waals surface area contributed by atoms with Crippen molar-refractivity contribution in [3.05, 3.63) is 56.0 Å². The van der Waals surface area contributed by atoms with Crippen LogP contribution in [-0.2, 0) is 12.2 Å². The van der Waals surface area contributed by atoms with E-state index in [0.717, 1.165) is 23.5 Å². The fourth-order valence-corrected chi connectivity index (χ4v) is 4.90. The third-order valence-corrected chi connectivity index (χ3v) is 5.75. The lowest BCUT2D eigenvalue weighted by Gasteiger charge is -2.08. The molecule has 0 atom stereocenters. The van der Waals surface area contributed by atoms with Crippen molar-refractivity contribution in [3.8, 4) is 0 Å². The fraction of sp³-hybridized carbons (Fsp3) is 0.312. The van der Waals surface area contributed by atoms with Crippen molar-refractivity contribution in [3.63, 3.8) is 0 Å². The standard InChI is InChI=1S/C16H15FOS2/c1-9-5-10(2)15(12(17)6-9)16(18)14-7-11-8-19-4-3-13(11)20-14/h5-7H,3-4,8H2,1-2H3. The quantitative estimate of drug-likeness (QED) is 0.759. The number of carbonyl (C=O) groups excluding carboxylic acids is 1. The summed E-state index contributed by atoms with van der Waals surface area (Å²) in [6.45, 7) is 3.64. The molecule has 0 saturated heterocycles. The molecule has 0 fully saturated rings. The van der Waals surface area contributed by atoms with Crippen molar-refractivity contribution < 1.29 is 9.18 Å². The highest BCUT2D eigenvalue weighted by atomic mass is 32.2. The van der Waals surface area contributed by atoms with Gasteiger partial charge in [-0.2, -0.15) is 11.8 Å². The molecule has 2 aromatic rings. The molecular formula is C16H15FOS2. The molecule has 0 spiro atoms. The lowest BCUT2D eigenvalue weighted by molar-refractivity contribution is 0.103. The van der Waals surface area contributed by atoms with E-state index in [-0.39, 0.29) is 11.3 Å². The molecular weight excluding hydrogens is 291 g/mol. The zero-order chi connectivity index (χ0) is 14.3. The maximum absolute atomic E-state index is 14.1. The summed E-state index contributed by atoms with van der Waals surface area (Å²) in [5, 5.41) is 0. The molecule has 1 aromatic heterocycles. The van der Waals surface area contributed by atoms with Gasteiger partial charge in [-0.1, -0.05) is 6.07 Å². The van der Waals surface area contributed by atoms with Crippen LogP contribution in [0.3, 0.4) is 0 Å². The van der Waals surface area contributed by atoms with Crippen molar-refractivity contribution in [2.24, 2.45) is 0 Å². The van der Waals surface area contributed by atoms with Gasteiger partial charge in [-0.05, 0) is 54.8 Å². The first-order chi connectivity index (χ1) is 9.56. The normalized spacial score (nSPS) is 14.2. The zero-order valence-electron chi connectivity index (χ0n) is 11.5. The first-order valence-corrected chi connectivity index (χ1v) is 8.54. The number of hydrogen-bond acceptors (Lipinski definition) is 3. The minimum Gasteiger partial charge on any atom is -0.288 e. The summed E-state index contributed by atoms with van der Waals surface area (Å²) in [5.41, 5.74) is 3.04. The van der Waals surface area contributed by atoms with Crippen LogP contribution in [0.4, 0.5) is 4.39 Å². The molecule has 2 heterocycles. The van der Waals surface area contributed by atoms with Gasteiger partial charge in [-0.25, -0.2) is 4.39 Å². The van der Waals surface area contributed by atoms with Crippen LogP contribution in [0.5, 0.6) is 0 Å². The predicted octanol–water partition coefficient (Wildman–Crippen LogP) is 4.52. The summed E-state index contributed by atoms with van der Waals surface area (Å²) >= 11 is 3.42. The Morgan fingerprint density at radius 3 is 2.75 bits per heavy atom. The third-order valence-electron chi connectivity index (χ3n) is 3.51. The van der Waals surface area contributed by atoms with E-state index in [1.165, 1.54) is 27.8 Å². The Morgan fingerprint density at radius 1 is 1.25 bits per heavy atom. The molecule has 0 radical (unpaired) electrons. The maximum Gasteiger partial charge on any atom is 0.206 e. The third kappa shape index (κ3) is 2.42. The van der Waals surface area contributed by atoms with E-state index in [9.17, 15) is 9.18 Å². The Morgan fingerprint density at radius 2 is 2.05 bits per heavy atom. The van der Waals surface area contributed by atoms with Gasteiger partial charge in [-0.15, -0.1) is 11.3 Å². The molecule has 4 heteroatoms. The van der Waals surface area contributed by atoms with Gasteiger partial charge in [0.2, 0.25) is 5.78 Å². The first kappa shape index (κ1) is 13.8. The number of rotatable bonds is 2. The Bertz CT molecular complexity index is 641. The van der Waals surface area contributed by atoms with E-state index < -0.39 is 5.82 Å². The molecule has 104 valence electrons. The average Bonchev–Trinajstić information content (AvgIpc) is 2.81. The number of hydrogen-bond donors (Lipinski definition) is 0. The SMILES string of the molecule is Cc1cc(C)c(C(=O)c2cc3c(s2)CCSC3)c(F)c1. The van der Waals surface area contributed by atoms with Gasteiger partial charge in [0.05, 0.1) is 10.4 Å². The zero-order valence-corrected chi connectivity index (χ0v) is 13.1. The van der Waals surface area contributed by atoms with Gasteiger partial charge in [0.15, 0.2) is 0 Å². The van der Waals surface area contributed by atoms with Crippen molar-refractivity contribution in [1.82, 2.24) is 0 Å². The lowest BCUT2D eigenvalue weighted by Crippen LogP contribution is -2.05. The van der Waals surface area contributed by atoms with Crippen molar-refractivity contribution in [2.75, 3.05) is 5.75 Å². The largest absolute Gasteiger partial charge is 0.288 e. The molecule has 0 bridgehead atoms. The minimum atomic E-state index is -0.409. The summed E-state index contributed by atoms with van der Waals surface area (Å²) in [6, 6.07) is 5.25. The van der Waals surface area contributed by atoms with Gasteiger partial charge in [0, 0.05) is 10.6 Å². The highest BCUT2D eigenvalue weighted by Gasteiger charge is 2.22. The van der Waals surface area contributed by atoms with Crippen LogP contribution in [-0.4, -0.2) is 11.5 Å². The smallest absolute Gasteiger partial charge is 0.206 e. The Kier molecular flexibility index (Phi) is 3.69. The second-order valence-electron chi connectivity index (χ2n) is 5.13. The molecule has 0 saturated carbocycles. The van der Waals surface area contributed by atoms with Crippen LogP contribution >= 0.6 is 23.1 Å². The van der Waals surface area contributed by atoms with E-state index in [0.29, 0.717) is 10.4 Å². The highest BCUT2D eigenvalue weighted by Crippen LogP contribution is 2.33. The van der Waals surface area contributed by atoms with E-state index in [1.807, 2.05) is 30.8 Å². The molecule has 0 aliphatic carbocycles. The van der Waals surface area contributed by atoms with Gasteiger partial charge in [0.25, 0.3) is 0 Å². The maximum atomic E-state index is 14.1. The molecule has 0 unspecified atom stereocenters. The minimum absolute atomic E-state index is 0.176. The lowest BCUT2D eigenvalue weighted by atomic mass is 10.0. The van der Waals surface area contributed by atoms with Gasteiger partial charge >= 0.3 is 0 Å². The van der Waals surface area contributed by atoms with Crippen molar-refractivity contribution in [2.45, 2.75) is 26.0 Å². The van der Waals surface area contributed by atoms with E-state index in [1.54, 1.807) is 6.92 Å². The first-order valence-electron chi connectivity index (χ1n) is 6.57. The predicted molar refractivity (Wildman–Crippen MR) is 83.5 cm³/mol. The van der Waals surface area contributed by atoms with Gasteiger partial charge in [-0.3, -0.25) is 4.79 Å². The number of ketones is 1. The Balaban J connectivity index is 2.03. The molecule has 0 amide bonds. The van der Waals surface area contributed by atoms with Crippen LogP contribution in [0.1, 0.15) is 36.8 Å². The van der Waals surface area contributed by atoms with Crippen molar-refractivity contribution in [1.29, 1.82) is 0 Å². The van der Waals surface area contributed by atoms with Crippen LogP contribution in [0.15, 0.2) is 18.2 Å². The molecule has 0 N–H and O–H groups in total. The number of thioether (sulfide) groups is 1. The molecule has 1 nitrogen and oxygen atoms in total. The number of thiophene rings is 1. The summed E-state index contributed by atoms with van der Waals surface area (Å²) in [6.07, 6.45) is 1.02. The monoisotopic (exact) mass is 306 g/mol. The fourth-order valence-electron chi connectivity index (χ4n) is 2.59. The van der Waals surface area contributed by atoms with Crippen LogP contribution in [0.2, 0.25) is 0 Å².